The lowest BCUT2D eigenvalue weighted by atomic mass is 9.85. The molecule has 1 aliphatic heterocycles. The predicted molar refractivity (Wildman–Crippen MR) is 104 cm³/mol. The molecule has 0 saturated heterocycles. The highest BCUT2D eigenvalue weighted by Crippen LogP contribution is 2.38. The summed E-state index contributed by atoms with van der Waals surface area (Å²) < 4.78 is 0. The Morgan fingerprint density at radius 1 is 1.24 bits per heavy atom. The summed E-state index contributed by atoms with van der Waals surface area (Å²) in [6, 6.07) is 11.6. The number of halogens is 2. The lowest BCUT2D eigenvalue weighted by Crippen LogP contribution is -2.31. The van der Waals surface area contributed by atoms with Crippen LogP contribution in [0.1, 0.15) is 29.5 Å². The van der Waals surface area contributed by atoms with Gasteiger partial charge in [-0.25, -0.2) is 4.79 Å². The highest BCUT2D eigenvalue weighted by atomic mass is 35.5. The number of amides is 2. The Morgan fingerprint density at radius 3 is 2.64 bits per heavy atom. The Labute approximate surface area is 158 Å². The van der Waals surface area contributed by atoms with Gasteiger partial charge < -0.3 is 15.5 Å². The van der Waals surface area contributed by atoms with E-state index < -0.39 is 0 Å². The topological polar surface area (TPSA) is 44.4 Å². The summed E-state index contributed by atoms with van der Waals surface area (Å²) in [6.45, 7) is 4.19. The summed E-state index contributed by atoms with van der Waals surface area (Å²) in [4.78, 5) is 13.9. The molecule has 2 aromatic carbocycles. The van der Waals surface area contributed by atoms with Gasteiger partial charge in [0.1, 0.15) is 0 Å². The maximum atomic E-state index is 11.6. The molecule has 6 heteroatoms. The second-order valence-electron chi connectivity index (χ2n) is 6.31. The van der Waals surface area contributed by atoms with E-state index >= 15 is 0 Å². The maximum Gasteiger partial charge on any atom is 0.319 e. The van der Waals surface area contributed by atoms with Crippen LogP contribution in [-0.4, -0.2) is 31.1 Å². The second kappa shape index (κ2) is 7.65. The number of anilines is 1. The van der Waals surface area contributed by atoms with Gasteiger partial charge in [0.15, 0.2) is 0 Å². The van der Waals surface area contributed by atoms with E-state index in [9.17, 15) is 4.79 Å². The Bertz CT molecular complexity index is 777. The predicted octanol–water partition coefficient (Wildman–Crippen LogP) is 4.71. The molecule has 2 amide bonds. The number of fused-ring (bicyclic) bond motifs is 1. The number of carbonyl (C=O) groups excluding carboxylic acids is 1. The first-order chi connectivity index (χ1) is 12.0. The van der Waals surface area contributed by atoms with E-state index in [4.69, 9.17) is 23.2 Å². The quantitative estimate of drug-likeness (QED) is 0.812. The van der Waals surface area contributed by atoms with E-state index in [0.29, 0.717) is 16.6 Å². The normalized spacial score (nSPS) is 17.0. The van der Waals surface area contributed by atoms with Gasteiger partial charge in [-0.2, -0.15) is 0 Å². The molecular weight excluding hydrogens is 357 g/mol. The number of likely N-dealkylation sites (N-methyl/N-ethyl adjacent to an activating group) is 1. The van der Waals surface area contributed by atoms with Gasteiger partial charge >= 0.3 is 6.03 Å². The van der Waals surface area contributed by atoms with E-state index in [1.165, 1.54) is 11.1 Å². The van der Waals surface area contributed by atoms with Crippen molar-refractivity contribution >= 4 is 34.9 Å². The van der Waals surface area contributed by atoms with Crippen LogP contribution in [0.3, 0.4) is 0 Å². The molecule has 1 atom stereocenters. The summed E-state index contributed by atoms with van der Waals surface area (Å²) in [5.41, 5.74) is 4.25. The van der Waals surface area contributed by atoms with Gasteiger partial charge in [-0.1, -0.05) is 35.3 Å². The van der Waals surface area contributed by atoms with Crippen LogP contribution >= 0.6 is 23.2 Å². The number of benzene rings is 2. The molecule has 3 rings (SSSR count). The first-order valence-electron chi connectivity index (χ1n) is 8.29. The van der Waals surface area contributed by atoms with Gasteiger partial charge in [-0.15, -0.1) is 0 Å². The van der Waals surface area contributed by atoms with E-state index in [2.05, 4.69) is 22.6 Å². The molecule has 0 spiro atoms. The van der Waals surface area contributed by atoms with Crippen molar-refractivity contribution in [2.75, 3.05) is 25.5 Å². The van der Waals surface area contributed by atoms with Gasteiger partial charge in [-0.05, 0) is 54.9 Å². The van der Waals surface area contributed by atoms with Crippen molar-refractivity contribution in [3.8, 4) is 0 Å². The average Bonchev–Trinajstić information content (AvgIpc) is 2.56. The highest BCUT2D eigenvalue weighted by molar-refractivity contribution is 6.35. The number of nitrogens with one attached hydrogen (secondary N) is 2. The molecular formula is C19H21Cl2N3O. The Hall–Kier alpha value is -1.75. The van der Waals surface area contributed by atoms with Crippen LogP contribution < -0.4 is 10.6 Å². The van der Waals surface area contributed by atoms with Crippen LogP contribution in [0.15, 0.2) is 36.4 Å². The molecule has 0 fully saturated rings. The van der Waals surface area contributed by atoms with Gasteiger partial charge in [-0.3, -0.25) is 0 Å². The fourth-order valence-corrected chi connectivity index (χ4v) is 3.83. The second-order valence-corrected chi connectivity index (χ2v) is 7.15. The molecule has 2 aromatic rings. The molecule has 132 valence electrons. The van der Waals surface area contributed by atoms with Crippen LogP contribution in [0.2, 0.25) is 10.0 Å². The first kappa shape index (κ1) is 18.1. The lowest BCUT2D eigenvalue weighted by Gasteiger charge is -2.33. The molecule has 4 nitrogen and oxygen atoms in total. The lowest BCUT2D eigenvalue weighted by molar-refractivity contribution is 0.252. The van der Waals surface area contributed by atoms with Crippen molar-refractivity contribution < 1.29 is 4.79 Å². The molecule has 1 aliphatic rings. The van der Waals surface area contributed by atoms with Crippen LogP contribution in [0.5, 0.6) is 0 Å². The molecule has 1 unspecified atom stereocenters. The molecule has 0 bridgehead atoms. The minimum absolute atomic E-state index is 0.198. The van der Waals surface area contributed by atoms with Crippen LogP contribution in [0.25, 0.3) is 0 Å². The van der Waals surface area contributed by atoms with Crippen LogP contribution in [0.4, 0.5) is 10.5 Å². The number of carbonyl (C=O) groups is 1. The zero-order valence-corrected chi connectivity index (χ0v) is 15.8. The van der Waals surface area contributed by atoms with Crippen molar-refractivity contribution in [2.45, 2.75) is 19.4 Å². The SMILES string of the molecule is CCNC(=O)Nc1ccc(C2CN(C)Cc3c(Cl)cc(Cl)cc32)cc1. The Kier molecular flexibility index (Phi) is 5.52. The molecule has 0 radical (unpaired) electrons. The van der Waals surface area contributed by atoms with Crippen LogP contribution in [-0.2, 0) is 6.54 Å². The summed E-state index contributed by atoms with van der Waals surface area (Å²) in [7, 11) is 2.09. The highest BCUT2D eigenvalue weighted by Gasteiger charge is 2.27. The number of nitrogens with zero attached hydrogens (tertiary/aromatic N) is 1. The number of hydrogen-bond acceptors (Lipinski definition) is 2. The summed E-state index contributed by atoms with van der Waals surface area (Å²) >= 11 is 12.6. The van der Waals surface area contributed by atoms with E-state index in [1.54, 1.807) is 6.07 Å². The number of hydrogen-bond donors (Lipinski definition) is 2. The molecule has 25 heavy (non-hydrogen) atoms. The fourth-order valence-electron chi connectivity index (χ4n) is 3.27. The molecule has 1 heterocycles. The Balaban J connectivity index is 1.88. The smallest absolute Gasteiger partial charge is 0.319 e. The molecule has 0 saturated carbocycles. The van der Waals surface area contributed by atoms with Crippen molar-refractivity contribution in [3.63, 3.8) is 0 Å². The monoisotopic (exact) mass is 377 g/mol. The van der Waals surface area contributed by atoms with Gasteiger partial charge in [0.25, 0.3) is 0 Å². The van der Waals surface area contributed by atoms with Gasteiger partial charge in [0, 0.05) is 41.3 Å². The van der Waals surface area contributed by atoms with E-state index in [0.717, 1.165) is 24.3 Å². The van der Waals surface area contributed by atoms with Crippen molar-refractivity contribution in [2.24, 2.45) is 0 Å². The zero-order chi connectivity index (χ0) is 18.0. The zero-order valence-electron chi connectivity index (χ0n) is 14.3. The third kappa shape index (κ3) is 4.09. The van der Waals surface area contributed by atoms with Crippen molar-refractivity contribution in [3.05, 3.63) is 63.1 Å². The Morgan fingerprint density at radius 2 is 1.96 bits per heavy atom. The summed E-state index contributed by atoms with van der Waals surface area (Å²) in [5.74, 6) is 0.198. The maximum absolute atomic E-state index is 11.6. The van der Waals surface area contributed by atoms with Crippen molar-refractivity contribution in [1.29, 1.82) is 0 Å². The summed E-state index contributed by atoms with van der Waals surface area (Å²) in [5, 5.41) is 6.91. The minimum atomic E-state index is -0.198. The molecule has 0 aromatic heterocycles. The molecule has 0 aliphatic carbocycles. The third-order valence-electron chi connectivity index (χ3n) is 4.40. The first-order valence-corrected chi connectivity index (χ1v) is 9.04. The summed E-state index contributed by atoms with van der Waals surface area (Å²) in [6.07, 6.45) is 0. The number of urea groups is 1. The van der Waals surface area contributed by atoms with Crippen LogP contribution in [0, 0.1) is 0 Å². The fraction of sp³-hybridized carbons (Fsp3) is 0.316. The third-order valence-corrected chi connectivity index (χ3v) is 4.96. The average molecular weight is 378 g/mol. The van der Waals surface area contributed by atoms with Crippen molar-refractivity contribution in [1.82, 2.24) is 10.2 Å². The number of rotatable bonds is 3. The van der Waals surface area contributed by atoms with Gasteiger partial charge in [0.05, 0.1) is 0 Å². The van der Waals surface area contributed by atoms with Gasteiger partial charge in [0.2, 0.25) is 0 Å². The minimum Gasteiger partial charge on any atom is -0.338 e. The van der Waals surface area contributed by atoms with E-state index in [1.807, 2.05) is 37.3 Å². The standard InChI is InChI=1S/C19H21Cl2N3O/c1-3-22-19(25)23-14-6-4-12(5-7-14)16-10-24(2)11-17-15(16)8-13(20)9-18(17)21/h4-9,16H,3,10-11H2,1-2H3,(H2,22,23,25). The van der Waals surface area contributed by atoms with E-state index in [-0.39, 0.29) is 11.9 Å². The molecule has 2 N–H and O–H groups in total. The largest absolute Gasteiger partial charge is 0.338 e.